The lowest BCUT2D eigenvalue weighted by atomic mass is 9.87. The molecule has 1 aliphatic heterocycles. The highest BCUT2D eigenvalue weighted by Gasteiger charge is 2.44. The summed E-state index contributed by atoms with van der Waals surface area (Å²) in [5.74, 6) is -3.20. The normalized spacial score (nSPS) is 17.6. The number of carbonyl (C=O) groups excluding carboxylic acids is 6. The van der Waals surface area contributed by atoms with Crippen molar-refractivity contribution in [3.8, 4) is 0 Å². The van der Waals surface area contributed by atoms with E-state index in [4.69, 9.17) is 23.7 Å². The lowest BCUT2D eigenvalue weighted by Crippen LogP contribution is -2.60. The Morgan fingerprint density at radius 1 is 0.797 bits per heavy atom. The first kappa shape index (κ1) is 58.4. The average Bonchev–Trinajstić information content (AvgIpc) is 3.78. The number of methoxy groups -OCH3 is 3. The Hall–Kier alpha value is -4.90. The molecule has 9 atom stereocenters. The maximum Gasteiger partial charge on any atom is 0.410 e. The van der Waals surface area contributed by atoms with Gasteiger partial charge >= 0.3 is 12.1 Å². The number of hydrogen-bond donors (Lipinski definition) is 2. The van der Waals surface area contributed by atoms with Crippen LogP contribution in [0.4, 0.5) is 4.79 Å². The van der Waals surface area contributed by atoms with Crippen LogP contribution in [0.5, 0.6) is 0 Å². The quantitative estimate of drug-likeness (QED) is 0.101. The Labute approximate surface area is 411 Å². The van der Waals surface area contributed by atoms with Gasteiger partial charge in [-0.3, -0.25) is 34.3 Å². The molecule has 0 aliphatic carbocycles. The number of rotatable bonds is 25. The number of likely N-dealkylation sites (tertiary alicyclic amines) is 1. The summed E-state index contributed by atoms with van der Waals surface area (Å²) >= 11 is 0. The Bertz CT molecular complexity index is 1960. The van der Waals surface area contributed by atoms with Gasteiger partial charge in [-0.05, 0) is 88.1 Å². The fraction of sp³-hybridized carbons (Fsp3) is 0.660. The number of nitrogens with zero attached hydrogens (tertiary/aromatic N) is 3. The number of ether oxygens (including phenoxy) is 5. The van der Waals surface area contributed by atoms with E-state index in [-0.39, 0.29) is 61.3 Å². The van der Waals surface area contributed by atoms with Crippen LogP contribution in [0.1, 0.15) is 116 Å². The second-order valence-corrected chi connectivity index (χ2v) is 20.2. The molecule has 1 aliphatic rings. The first-order valence-corrected chi connectivity index (χ1v) is 24.5. The molecule has 2 aromatic rings. The van der Waals surface area contributed by atoms with E-state index in [1.54, 1.807) is 73.1 Å². The van der Waals surface area contributed by atoms with Crippen LogP contribution in [0, 0.1) is 23.7 Å². The fourth-order valence-electron chi connectivity index (χ4n) is 9.53. The largest absolute Gasteiger partial charge is 0.465 e. The van der Waals surface area contributed by atoms with Crippen molar-refractivity contribution in [3.05, 3.63) is 71.3 Å². The number of benzene rings is 2. The number of likely N-dealkylation sites (N-methyl/N-ethyl adjacent to an activating group) is 2. The predicted molar refractivity (Wildman–Crippen MR) is 265 cm³/mol. The van der Waals surface area contributed by atoms with Gasteiger partial charge in [-0.1, -0.05) is 97.4 Å². The van der Waals surface area contributed by atoms with Gasteiger partial charge in [0.2, 0.25) is 23.6 Å². The fourth-order valence-corrected chi connectivity index (χ4v) is 9.53. The molecule has 0 aromatic heterocycles. The summed E-state index contributed by atoms with van der Waals surface area (Å²) in [6.45, 7) is 19.5. The third-order valence-electron chi connectivity index (χ3n) is 13.2. The van der Waals surface area contributed by atoms with Crippen molar-refractivity contribution in [2.24, 2.45) is 23.7 Å². The molecule has 2 N–H and O–H groups in total. The molecule has 16 heteroatoms. The summed E-state index contributed by atoms with van der Waals surface area (Å²) in [4.78, 5) is 86.6. The van der Waals surface area contributed by atoms with Crippen molar-refractivity contribution in [3.63, 3.8) is 0 Å². The monoisotopic (exact) mass is 966 g/mol. The molecule has 0 radical (unpaired) electrons. The van der Waals surface area contributed by atoms with Gasteiger partial charge in [-0.15, -0.1) is 0 Å². The van der Waals surface area contributed by atoms with Gasteiger partial charge in [0.1, 0.15) is 11.6 Å². The minimum Gasteiger partial charge on any atom is -0.465 e. The number of carbonyl (C=O) groups is 6. The van der Waals surface area contributed by atoms with Gasteiger partial charge < -0.3 is 33.9 Å². The van der Waals surface area contributed by atoms with Gasteiger partial charge in [0.05, 0.1) is 68.6 Å². The molecule has 0 saturated carbocycles. The van der Waals surface area contributed by atoms with Crippen molar-refractivity contribution in [2.45, 2.75) is 156 Å². The summed E-state index contributed by atoms with van der Waals surface area (Å²) in [5.41, 5.74) is 1.56. The number of hydrogen-bond acceptors (Lipinski definition) is 12. The van der Waals surface area contributed by atoms with Crippen molar-refractivity contribution in [1.29, 1.82) is 0 Å². The third-order valence-corrected chi connectivity index (χ3v) is 13.2. The van der Waals surface area contributed by atoms with Crippen LogP contribution in [-0.4, -0.2) is 147 Å². The van der Waals surface area contributed by atoms with E-state index in [9.17, 15) is 28.8 Å². The van der Waals surface area contributed by atoms with Gasteiger partial charge in [0, 0.05) is 33.9 Å². The minimum atomic E-state index is -0.976. The zero-order chi connectivity index (χ0) is 51.7. The van der Waals surface area contributed by atoms with E-state index in [2.05, 4.69) is 17.6 Å². The topological polar surface area (TPSA) is 182 Å². The van der Waals surface area contributed by atoms with Gasteiger partial charge in [0.15, 0.2) is 0 Å². The molecule has 1 fully saturated rings. The molecule has 386 valence electrons. The number of amides is 5. The Morgan fingerprint density at radius 3 is 1.94 bits per heavy atom. The third kappa shape index (κ3) is 16.9. The lowest BCUT2D eigenvalue weighted by Gasteiger charge is -2.43. The van der Waals surface area contributed by atoms with Crippen LogP contribution in [0.15, 0.2) is 54.6 Å². The van der Waals surface area contributed by atoms with Crippen molar-refractivity contribution in [2.75, 3.05) is 48.6 Å². The van der Waals surface area contributed by atoms with Crippen LogP contribution in [0.25, 0.3) is 0 Å². The Balaban J connectivity index is 1.79. The molecular formula is C53H83N5O11. The van der Waals surface area contributed by atoms with Crippen LogP contribution in [-0.2, 0) is 55.9 Å². The summed E-state index contributed by atoms with van der Waals surface area (Å²) < 4.78 is 28.7. The standard InChI is InChI=1S/C53H83N5O11/c1-16-35(6)46(56(11)44(33(2)3)49(61)55-50(62)45(34(4)5)57(12)52(64)69-53(8,9)10)42(65-13)30-43(59)58-28-20-23-41(58)47(66-14)36(7)48(60)54-40(29-37-21-18-17-19-22-37)32-68-31-38-24-26-39(27-25-38)51(63)67-15/h17-19,21-22,24-27,33-36,40-42,44-47H,16,20,23,28-32H2,1-15H3,(H,54,60)(H,55,61,62)/t35-,36+,40-,41-,42+,44-,45-,46-,47+/m0/s1. The second-order valence-electron chi connectivity index (χ2n) is 20.2. The first-order chi connectivity index (χ1) is 32.5. The molecule has 0 unspecified atom stereocenters. The minimum absolute atomic E-state index is 0.00668. The summed E-state index contributed by atoms with van der Waals surface area (Å²) in [7, 11) is 7.79. The zero-order valence-electron chi connectivity index (χ0n) is 44.0. The highest BCUT2D eigenvalue weighted by atomic mass is 16.6. The molecule has 3 rings (SSSR count). The molecule has 5 amide bonds. The van der Waals surface area contributed by atoms with Crippen LogP contribution in [0.3, 0.4) is 0 Å². The summed E-state index contributed by atoms with van der Waals surface area (Å²) in [6, 6.07) is 13.9. The smallest absolute Gasteiger partial charge is 0.410 e. The van der Waals surface area contributed by atoms with Gasteiger partial charge in [0.25, 0.3) is 0 Å². The molecule has 16 nitrogen and oxygen atoms in total. The Morgan fingerprint density at radius 2 is 1.41 bits per heavy atom. The van der Waals surface area contributed by atoms with E-state index in [1.165, 1.54) is 19.1 Å². The molecule has 1 heterocycles. The van der Waals surface area contributed by atoms with Crippen molar-refractivity contribution < 1.29 is 52.5 Å². The van der Waals surface area contributed by atoms with E-state index >= 15 is 0 Å². The highest BCUT2D eigenvalue weighted by molar-refractivity contribution is 6.01. The van der Waals surface area contributed by atoms with Gasteiger partial charge in [-0.2, -0.15) is 0 Å². The van der Waals surface area contributed by atoms with Crippen molar-refractivity contribution in [1.82, 2.24) is 25.3 Å². The highest BCUT2D eigenvalue weighted by Crippen LogP contribution is 2.31. The molecule has 1 saturated heterocycles. The van der Waals surface area contributed by atoms with Crippen LogP contribution < -0.4 is 10.6 Å². The van der Waals surface area contributed by atoms with Crippen LogP contribution in [0.2, 0.25) is 0 Å². The van der Waals surface area contributed by atoms with Gasteiger partial charge in [-0.25, -0.2) is 9.59 Å². The summed E-state index contributed by atoms with van der Waals surface area (Å²) in [5, 5.41) is 5.83. The first-order valence-electron chi connectivity index (χ1n) is 24.5. The van der Waals surface area contributed by atoms with Crippen molar-refractivity contribution >= 4 is 35.7 Å². The molecular weight excluding hydrogens is 883 g/mol. The second kappa shape index (κ2) is 27.5. The van der Waals surface area contributed by atoms with E-state index in [0.29, 0.717) is 24.9 Å². The molecule has 69 heavy (non-hydrogen) atoms. The molecule has 0 spiro atoms. The number of esters is 1. The maximum absolute atomic E-state index is 14.6. The summed E-state index contributed by atoms with van der Waals surface area (Å²) in [6.07, 6.45) is 0.686. The lowest BCUT2D eigenvalue weighted by molar-refractivity contribution is -0.144. The van der Waals surface area contributed by atoms with Crippen LogP contribution >= 0.6 is 0 Å². The SMILES string of the molecule is CC[C@H](C)[C@@H]([C@@H](CC(=O)N1CCC[C@H]1[C@H](OC)[C@@H](C)C(=O)N[C@H](COCc1ccc(C(=O)OC)cc1)Cc1ccccc1)OC)N(C)[C@H](C(=O)NC(=O)[C@H](C(C)C)N(C)C(=O)OC(C)(C)C)C(C)C. The molecule has 0 bridgehead atoms. The van der Waals surface area contributed by atoms with E-state index in [1.807, 2.05) is 74.9 Å². The number of imide groups is 1. The zero-order valence-corrected chi connectivity index (χ0v) is 44.0. The Kier molecular flexibility index (Phi) is 23.3. The van der Waals surface area contributed by atoms with E-state index < -0.39 is 65.7 Å². The molecule has 2 aromatic carbocycles. The van der Waals surface area contributed by atoms with E-state index in [0.717, 1.165) is 24.0 Å². The average molecular weight is 966 g/mol. The maximum atomic E-state index is 14.6. The number of nitrogens with one attached hydrogen (secondary N) is 2. The predicted octanol–water partition coefficient (Wildman–Crippen LogP) is 6.67.